The van der Waals surface area contributed by atoms with Crippen LogP contribution in [0.4, 0.5) is 0 Å². The number of hydrogen-bond donors (Lipinski definition) is 0. The molecule has 16 heavy (non-hydrogen) atoms. The second-order valence-corrected chi connectivity index (χ2v) is 4.10. The van der Waals surface area contributed by atoms with E-state index in [0.717, 1.165) is 5.56 Å². The number of carbonyl (C=O) groups is 1. The predicted octanol–water partition coefficient (Wildman–Crippen LogP) is 2.07. The Labute approximate surface area is 93.9 Å². The van der Waals surface area contributed by atoms with Gasteiger partial charge in [-0.25, -0.2) is 0 Å². The molecule has 1 fully saturated rings. The fourth-order valence-electron chi connectivity index (χ4n) is 2.14. The fraction of sp³-hybridized carbons (Fsp3) is 0.308. The zero-order valence-corrected chi connectivity index (χ0v) is 8.73. The van der Waals surface area contributed by atoms with Crippen LogP contribution in [0.2, 0.25) is 0 Å². The predicted molar refractivity (Wildman–Crippen MR) is 57.3 cm³/mol. The molecule has 1 atom stereocenters. The van der Waals surface area contributed by atoms with Crippen molar-refractivity contribution >= 4 is 5.78 Å². The van der Waals surface area contributed by atoms with Gasteiger partial charge in [0.25, 0.3) is 0 Å². The number of benzene rings is 1. The highest BCUT2D eigenvalue weighted by Gasteiger charge is 2.40. The van der Waals surface area contributed by atoms with Crippen LogP contribution in [0.3, 0.4) is 0 Å². The van der Waals surface area contributed by atoms with E-state index >= 15 is 0 Å². The van der Waals surface area contributed by atoms with E-state index in [1.807, 2.05) is 6.07 Å². The highest BCUT2D eigenvalue weighted by atomic mass is 16.1. The van der Waals surface area contributed by atoms with Gasteiger partial charge < -0.3 is 0 Å². The summed E-state index contributed by atoms with van der Waals surface area (Å²) in [6.07, 6.45) is 1.37. The monoisotopic (exact) mass is 210 g/mol. The van der Waals surface area contributed by atoms with Gasteiger partial charge in [-0.3, -0.25) is 4.79 Å². The summed E-state index contributed by atoms with van der Waals surface area (Å²) < 4.78 is 0. The number of Topliss-reactive ketones (excluding diaryl/α,β-unsaturated/α-hetero) is 1. The minimum atomic E-state index is -0.662. The first-order valence-electron chi connectivity index (χ1n) is 5.14. The van der Waals surface area contributed by atoms with Crippen molar-refractivity contribution < 1.29 is 4.79 Å². The molecule has 1 aromatic carbocycles. The summed E-state index contributed by atoms with van der Waals surface area (Å²) >= 11 is 0. The lowest BCUT2D eigenvalue weighted by atomic mass is 9.80. The summed E-state index contributed by atoms with van der Waals surface area (Å²) in [5.41, 5.74) is 0.756. The first kappa shape index (κ1) is 10.4. The molecule has 0 spiro atoms. The Bertz CT molecular complexity index is 504. The van der Waals surface area contributed by atoms with Crippen LogP contribution in [-0.4, -0.2) is 5.78 Å². The van der Waals surface area contributed by atoms with Crippen molar-refractivity contribution in [1.82, 2.24) is 0 Å². The molecule has 1 aliphatic rings. The molecule has 1 saturated carbocycles. The van der Waals surface area contributed by atoms with Crippen molar-refractivity contribution in [3.05, 3.63) is 35.4 Å². The molecular weight excluding hydrogens is 200 g/mol. The average molecular weight is 210 g/mol. The summed E-state index contributed by atoms with van der Waals surface area (Å²) in [4.78, 5) is 11.3. The zero-order valence-electron chi connectivity index (χ0n) is 8.73. The van der Waals surface area contributed by atoms with Crippen molar-refractivity contribution in [2.45, 2.75) is 24.7 Å². The van der Waals surface area contributed by atoms with Crippen molar-refractivity contribution in [3.8, 4) is 12.1 Å². The molecule has 0 heterocycles. The van der Waals surface area contributed by atoms with Crippen molar-refractivity contribution in [2.24, 2.45) is 0 Å². The first-order valence-corrected chi connectivity index (χ1v) is 5.14. The van der Waals surface area contributed by atoms with Crippen molar-refractivity contribution in [2.75, 3.05) is 0 Å². The van der Waals surface area contributed by atoms with E-state index in [-0.39, 0.29) is 5.78 Å². The van der Waals surface area contributed by atoms with E-state index in [2.05, 4.69) is 6.07 Å². The number of ketones is 1. The summed E-state index contributed by atoms with van der Waals surface area (Å²) in [7, 11) is 0. The highest BCUT2D eigenvalue weighted by Crippen LogP contribution is 2.38. The zero-order chi connectivity index (χ0) is 11.6. The van der Waals surface area contributed by atoms with E-state index in [1.165, 1.54) is 0 Å². The largest absolute Gasteiger partial charge is 0.300 e. The molecule has 0 N–H and O–H groups in total. The minimum Gasteiger partial charge on any atom is -0.300 e. The van der Waals surface area contributed by atoms with Crippen LogP contribution in [0.15, 0.2) is 24.3 Å². The number of nitriles is 2. The van der Waals surface area contributed by atoms with Crippen LogP contribution in [0.25, 0.3) is 0 Å². The fourth-order valence-corrected chi connectivity index (χ4v) is 2.14. The summed E-state index contributed by atoms with van der Waals surface area (Å²) in [5.74, 6) is 0.144. The third-order valence-corrected chi connectivity index (χ3v) is 3.11. The van der Waals surface area contributed by atoms with E-state index in [1.54, 1.807) is 24.3 Å². The maximum atomic E-state index is 11.3. The molecule has 0 aliphatic heterocycles. The van der Waals surface area contributed by atoms with Crippen LogP contribution in [0.5, 0.6) is 0 Å². The molecule has 78 valence electrons. The minimum absolute atomic E-state index is 0.144. The van der Waals surface area contributed by atoms with Crippen LogP contribution < -0.4 is 0 Å². The van der Waals surface area contributed by atoms with Gasteiger partial charge in [0.1, 0.15) is 5.78 Å². The summed E-state index contributed by atoms with van der Waals surface area (Å²) in [6, 6.07) is 11.2. The van der Waals surface area contributed by atoms with Gasteiger partial charge in [-0.2, -0.15) is 10.5 Å². The maximum absolute atomic E-state index is 11.3. The highest BCUT2D eigenvalue weighted by molar-refractivity contribution is 5.83. The van der Waals surface area contributed by atoms with Crippen LogP contribution in [0.1, 0.15) is 30.4 Å². The van der Waals surface area contributed by atoms with Crippen LogP contribution in [0, 0.1) is 22.7 Å². The van der Waals surface area contributed by atoms with Crippen LogP contribution >= 0.6 is 0 Å². The number of rotatable bonds is 1. The number of nitrogens with zero attached hydrogens (tertiary/aromatic N) is 2. The Kier molecular flexibility index (Phi) is 2.46. The molecule has 1 unspecified atom stereocenters. The van der Waals surface area contributed by atoms with Crippen molar-refractivity contribution in [1.29, 1.82) is 10.5 Å². The molecule has 3 heteroatoms. The topological polar surface area (TPSA) is 64.7 Å². The molecular formula is C13H10N2O. The normalized spacial score (nSPS) is 23.8. The van der Waals surface area contributed by atoms with Gasteiger partial charge in [0, 0.05) is 12.8 Å². The lowest BCUT2D eigenvalue weighted by Gasteiger charge is -2.19. The quantitative estimate of drug-likeness (QED) is 0.712. The van der Waals surface area contributed by atoms with E-state index in [0.29, 0.717) is 24.8 Å². The van der Waals surface area contributed by atoms with Gasteiger partial charge in [-0.1, -0.05) is 12.1 Å². The molecule has 0 saturated heterocycles. The average Bonchev–Trinajstić information content (AvgIpc) is 2.72. The summed E-state index contributed by atoms with van der Waals surface area (Å²) in [5, 5.41) is 17.9. The van der Waals surface area contributed by atoms with E-state index in [4.69, 9.17) is 5.26 Å². The smallest absolute Gasteiger partial charge is 0.134 e. The molecule has 0 amide bonds. The Hall–Kier alpha value is -2.13. The van der Waals surface area contributed by atoms with E-state index in [9.17, 15) is 10.1 Å². The molecule has 2 rings (SSSR count). The number of carbonyl (C=O) groups excluding carboxylic acids is 1. The summed E-state index contributed by atoms with van der Waals surface area (Å²) in [6.45, 7) is 0. The van der Waals surface area contributed by atoms with E-state index < -0.39 is 5.41 Å². The first-order chi connectivity index (χ1) is 7.70. The Morgan fingerprint density at radius 3 is 2.31 bits per heavy atom. The van der Waals surface area contributed by atoms with Gasteiger partial charge in [0.05, 0.1) is 23.1 Å². The van der Waals surface area contributed by atoms with Gasteiger partial charge >= 0.3 is 0 Å². The molecule has 0 aromatic heterocycles. The van der Waals surface area contributed by atoms with Gasteiger partial charge in [-0.05, 0) is 24.1 Å². The van der Waals surface area contributed by atoms with Gasteiger partial charge in [0.15, 0.2) is 0 Å². The molecule has 0 bridgehead atoms. The third kappa shape index (κ3) is 1.57. The maximum Gasteiger partial charge on any atom is 0.134 e. The molecule has 0 radical (unpaired) electrons. The second-order valence-electron chi connectivity index (χ2n) is 4.10. The Morgan fingerprint density at radius 1 is 1.19 bits per heavy atom. The second kappa shape index (κ2) is 3.79. The number of hydrogen-bond acceptors (Lipinski definition) is 3. The molecule has 1 aliphatic carbocycles. The lowest BCUT2D eigenvalue weighted by Crippen LogP contribution is -2.20. The Morgan fingerprint density at radius 2 is 1.88 bits per heavy atom. The molecule has 3 nitrogen and oxygen atoms in total. The molecule has 1 aromatic rings. The van der Waals surface area contributed by atoms with Gasteiger partial charge in [-0.15, -0.1) is 0 Å². The standard InChI is InChI=1S/C13H10N2O/c14-8-10-1-3-11(4-2-10)13(9-15)6-5-12(16)7-13/h1-4H,5-7H2. The van der Waals surface area contributed by atoms with Crippen molar-refractivity contribution in [3.63, 3.8) is 0 Å². The Balaban J connectivity index is 2.39. The third-order valence-electron chi connectivity index (χ3n) is 3.11. The lowest BCUT2D eigenvalue weighted by molar-refractivity contribution is -0.117. The SMILES string of the molecule is N#Cc1ccc(C2(C#N)CCC(=O)C2)cc1. The van der Waals surface area contributed by atoms with Crippen LogP contribution in [-0.2, 0) is 10.2 Å². The van der Waals surface area contributed by atoms with Gasteiger partial charge in [0.2, 0.25) is 0 Å².